The monoisotopic (exact) mass is 701 g/mol. The quantitative estimate of drug-likeness (QED) is 0.123. The highest BCUT2D eigenvalue weighted by Gasteiger charge is 2.62. The van der Waals surface area contributed by atoms with Gasteiger partial charge in [0.25, 0.3) is 0 Å². The molecule has 6 N–H and O–H groups in total. The van der Waals surface area contributed by atoms with Crippen molar-refractivity contribution in [2.75, 3.05) is 11.1 Å². The highest BCUT2D eigenvalue weighted by Crippen LogP contribution is 2.68. The summed E-state index contributed by atoms with van der Waals surface area (Å²) >= 11 is 0. The molecule has 51 heavy (non-hydrogen) atoms. The molecule has 4 saturated carbocycles. The van der Waals surface area contributed by atoms with E-state index in [1.807, 2.05) is 30.3 Å². The van der Waals surface area contributed by atoms with Crippen molar-refractivity contribution in [3.8, 4) is 0 Å². The molecule has 0 radical (unpaired) electrons. The topological polar surface area (TPSA) is 151 Å². The Hall–Kier alpha value is -3.43. The van der Waals surface area contributed by atoms with Crippen molar-refractivity contribution in [1.82, 2.24) is 5.32 Å². The van der Waals surface area contributed by atoms with Crippen LogP contribution in [0.3, 0.4) is 0 Å². The Morgan fingerprint density at radius 1 is 0.882 bits per heavy atom. The molecular formula is C42H59N3O6. The molecule has 0 bridgehead atoms. The number of benzene rings is 2. The van der Waals surface area contributed by atoms with Gasteiger partial charge in [0.2, 0.25) is 11.8 Å². The average Bonchev–Trinajstić information content (AvgIpc) is 3.46. The van der Waals surface area contributed by atoms with Crippen LogP contribution < -0.4 is 16.4 Å². The Morgan fingerprint density at radius 3 is 2.37 bits per heavy atom. The first-order chi connectivity index (χ1) is 24.4. The Kier molecular flexibility index (Phi) is 11.5. The van der Waals surface area contributed by atoms with E-state index in [4.69, 9.17) is 10.5 Å². The summed E-state index contributed by atoms with van der Waals surface area (Å²) in [5, 5.41) is 27.7. The van der Waals surface area contributed by atoms with Gasteiger partial charge in [-0.1, -0.05) is 57.2 Å². The van der Waals surface area contributed by atoms with Crippen LogP contribution in [-0.4, -0.2) is 46.2 Å². The highest BCUT2D eigenvalue weighted by molar-refractivity contribution is 5.92. The van der Waals surface area contributed by atoms with Crippen LogP contribution in [0.15, 0.2) is 54.6 Å². The summed E-state index contributed by atoms with van der Waals surface area (Å²) in [4.78, 5) is 39.5. The maximum atomic E-state index is 13.4. The van der Waals surface area contributed by atoms with Crippen molar-refractivity contribution >= 4 is 29.2 Å². The molecule has 0 saturated heterocycles. The zero-order valence-corrected chi connectivity index (χ0v) is 30.7. The molecule has 278 valence electrons. The summed E-state index contributed by atoms with van der Waals surface area (Å²) in [7, 11) is 0. The van der Waals surface area contributed by atoms with Gasteiger partial charge in [-0.25, -0.2) is 4.79 Å². The molecule has 9 nitrogen and oxygen atoms in total. The lowest BCUT2D eigenvalue weighted by molar-refractivity contribution is -0.174. The Morgan fingerprint density at radius 2 is 1.61 bits per heavy atom. The van der Waals surface area contributed by atoms with Crippen molar-refractivity contribution < 1.29 is 29.3 Å². The molecule has 2 aromatic carbocycles. The lowest BCUT2D eigenvalue weighted by Crippen LogP contribution is -2.58. The molecule has 0 unspecified atom stereocenters. The predicted octanol–water partition coefficient (Wildman–Crippen LogP) is 6.62. The van der Waals surface area contributed by atoms with Gasteiger partial charge >= 0.3 is 5.97 Å². The molecule has 0 heterocycles. The SMILES string of the molecule is C[C@H](CCC(=O)N[C@@H](CCC(=O)Nc1cccc(N)c1)C(=O)OCc1ccccc1)[C@H]1CC[C@H]2[C@@H]3[C@H](O)C[C@@H]4C[C@H](O)CC[C@]4(C)[C@H]3CC[C@]12C. The number of carbonyl (C=O) groups excluding carboxylic acids is 3. The first-order valence-electron chi connectivity index (χ1n) is 19.4. The van der Waals surface area contributed by atoms with Crippen molar-refractivity contribution in [1.29, 1.82) is 0 Å². The number of nitrogens with two attached hydrogens (primary N) is 1. The number of aliphatic hydroxyl groups excluding tert-OH is 2. The van der Waals surface area contributed by atoms with Gasteiger partial charge in [-0.15, -0.1) is 0 Å². The number of hydrogen-bond acceptors (Lipinski definition) is 7. The van der Waals surface area contributed by atoms with Gasteiger partial charge in [-0.3, -0.25) is 9.59 Å². The number of aliphatic hydroxyl groups is 2. The van der Waals surface area contributed by atoms with E-state index in [-0.39, 0.29) is 60.7 Å². The Bertz CT molecular complexity index is 1540. The van der Waals surface area contributed by atoms with E-state index >= 15 is 0 Å². The molecule has 9 heteroatoms. The Labute approximate surface area is 303 Å². The molecule has 4 fully saturated rings. The van der Waals surface area contributed by atoms with Gasteiger partial charge < -0.3 is 31.3 Å². The smallest absolute Gasteiger partial charge is 0.328 e. The zero-order valence-electron chi connectivity index (χ0n) is 30.7. The van der Waals surface area contributed by atoms with Crippen LogP contribution >= 0.6 is 0 Å². The van der Waals surface area contributed by atoms with E-state index in [0.717, 1.165) is 56.9 Å². The number of anilines is 2. The average molecular weight is 702 g/mol. The number of ether oxygens (including phenoxy) is 1. The molecule has 2 amide bonds. The summed E-state index contributed by atoms with van der Waals surface area (Å²) in [6, 6.07) is 15.3. The van der Waals surface area contributed by atoms with E-state index in [9.17, 15) is 24.6 Å². The molecule has 11 atom stereocenters. The number of rotatable bonds is 12. The fourth-order valence-corrected chi connectivity index (χ4v) is 11.2. The van der Waals surface area contributed by atoms with Crippen LogP contribution in [0, 0.1) is 46.3 Å². The van der Waals surface area contributed by atoms with Crippen molar-refractivity contribution in [2.24, 2.45) is 46.3 Å². The van der Waals surface area contributed by atoms with Crippen LogP contribution in [0.4, 0.5) is 11.4 Å². The maximum absolute atomic E-state index is 13.4. The van der Waals surface area contributed by atoms with Crippen molar-refractivity contribution in [3.05, 3.63) is 60.2 Å². The summed E-state index contributed by atoms with van der Waals surface area (Å²) in [6.07, 6.45) is 8.62. The lowest BCUT2D eigenvalue weighted by atomic mass is 9.43. The van der Waals surface area contributed by atoms with Crippen LogP contribution in [0.5, 0.6) is 0 Å². The number of carbonyl (C=O) groups is 3. The normalized spacial score (nSPS) is 33.9. The third-order valence-corrected chi connectivity index (χ3v) is 13.9. The second-order valence-corrected chi connectivity index (χ2v) is 16.9. The fraction of sp³-hybridized carbons (Fsp3) is 0.643. The predicted molar refractivity (Wildman–Crippen MR) is 198 cm³/mol. The van der Waals surface area contributed by atoms with Gasteiger partial charge in [0, 0.05) is 24.2 Å². The molecule has 0 spiro atoms. The summed E-state index contributed by atoms with van der Waals surface area (Å²) < 4.78 is 5.60. The number of hydrogen-bond donors (Lipinski definition) is 5. The zero-order chi connectivity index (χ0) is 36.3. The van der Waals surface area contributed by atoms with Crippen LogP contribution in [0.2, 0.25) is 0 Å². The molecule has 0 aromatic heterocycles. The molecule has 2 aromatic rings. The second kappa shape index (κ2) is 15.7. The van der Waals surface area contributed by atoms with Gasteiger partial charge in [0.15, 0.2) is 0 Å². The number of fused-ring (bicyclic) bond motifs is 5. The first kappa shape index (κ1) is 37.3. The largest absolute Gasteiger partial charge is 0.459 e. The van der Waals surface area contributed by atoms with Gasteiger partial charge in [0.05, 0.1) is 12.2 Å². The van der Waals surface area contributed by atoms with Crippen molar-refractivity contribution in [3.63, 3.8) is 0 Å². The molecule has 0 aliphatic heterocycles. The number of nitrogens with one attached hydrogen (secondary N) is 2. The minimum Gasteiger partial charge on any atom is -0.459 e. The summed E-state index contributed by atoms with van der Waals surface area (Å²) in [6.45, 7) is 7.24. The van der Waals surface area contributed by atoms with Crippen LogP contribution in [-0.2, 0) is 25.7 Å². The third kappa shape index (κ3) is 8.15. The minimum atomic E-state index is -0.953. The third-order valence-electron chi connectivity index (χ3n) is 13.9. The van der Waals surface area contributed by atoms with Crippen LogP contribution in [0.1, 0.15) is 103 Å². The first-order valence-corrected chi connectivity index (χ1v) is 19.4. The van der Waals surface area contributed by atoms with Crippen LogP contribution in [0.25, 0.3) is 0 Å². The van der Waals surface area contributed by atoms with Gasteiger partial charge in [0.1, 0.15) is 12.6 Å². The molecule has 4 aliphatic carbocycles. The summed E-state index contributed by atoms with van der Waals surface area (Å²) in [5.74, 6) is 1.39. The fourth-order valence-electron chi connectivity index (χ4n) is 11.2. The Balaban J connectivity index is 1.05. The maximum Gasteiger partial charge on any atom is 0.328 e. The van der Waals surface area contributed by atoms with E-state index in [1.54, 1.807) is 24.3 Å². The number of nitrogen functional groups attached to an aromatic ring is 1. The summed E-state index contributed by atoms with van der Waals surface area (Å²) in [5.41, 5.74) is 8.11. The number of esters is 1. The van der Waals surface area contributed by atoms with E-state index < -0.39 is 12.0 Å². The highest BCUT2D eigenvalue weighted by atomic mass is 16.5. The van der Waals surface area contributed by atoms with E-state index in [2.05, 4.69) is 31.4 Å². The minimum absolute atomic E-state index is 0.0206. The molecular weight excluding hydrogens is 642 g/mol. The lowest BCUT2D eigenvalue weighted by Gasteiger charge is -2.62. The molecule has 6 rings (SSSR count). The number of amides is 2. The van der Waals surface area contributed by atoms with Gasteiger partial charge in [-0.05, 0) is 134 Å². The van der Waals surface area contributed by atoms with Crippen molar-refractivity contribution in [2.45, 2.75) is 123 Å². The standard InChI is InChI=1S/C42H59N3O6/c1-26(32-13-14-33-39-34(19-21-42(32,33)3)41(2)20-18-31(46)22-28(41)23-36(39)47)12-16-38(49)45-35(40(50)51-25-27-8-5-4-6-9-27)15-17-37(48)44-30-11-7-10-29(43)24-30/h4-11,24,26,28,31-36,39,46-47H,12-23,25,43H2,1-3H3,(H,44,48)(H,45,49)/t26-,28+,31-,32-,33+,34+,35+,36-,39+,41+,42-/m1/s1. The second-order valence-electron chi connectivity index (χ2n) is 16.9. The van der Waals surface area contributed by atoms with E-state index in [0.29, 0.717) is 53.3 Å². The molecule has 4 aliphatic rings. The van der Waals surface area contributed by atoms with Gasteiger partial charge in [-0.2, -0.15) is 0 Å². The van der Waals surface area contributed by atoms with E-state index in [1.165, 1.54) is 0 Å².